The summed E-state index contributed by atoms with van der Waals surface area (Å²) in [5, 5.41) is 0. The molecule has 6 nitrogen and oxygen atoms in total. The summed E-state index contributed by atoms with van der Waals surface area (Å²) in [5.74, 6) is -2.62. The molecule has 0 atom stereocenters. The lowest BCUT2D eigenvalue weighted by Gasteiger charge is -2.02. The van der Waals surface area contributed by atoms with Crippen molar-refractivity contribution in [2.45, 2.75) is 0 Å². The fourth-order valence-electron chi connectivity index (χ4n) is 0.688. The van der Waals surface area contributed by atoms with E-state index in [1.165, 1.54) is 0 Å². The van der Waals surface area contributed by atoms with Crippen molar-refractivity contribution in [1.82, 2.24) is 9.97 Å². The molecule has 0 aromatic carbocycles. The molecule has 1 heterocycles. The van der Waals surface area contributed by atoms with Crippen LogP contribution in [0, 0.1) is 5.95 Å². The second kappa shape index (κ2) is 3.21. The summed E-state index contributed by atoms with van der Waals surface area (Å²) in [5.41, 5.74) is 9.92. The number of carbonyl (C=O) groups excluding carboxylic acids is 1. The molecule has 0 aliphatic carbocycles. The standard InChI is InChI=1S/C6H7FN4O2/c1-13-6(12)2-4(8)11-5(9)3(7)10-2/h1H3,(H4,8,9,11). The third-order valence-electron chi connectivity index (χ3n) is 1.28. The number of halogens is 1. The van der Waals surface area contributed by atoms with Crippen molar-refractivity contribution in [2.24, 2.45) is 0 Å². The Morgan fingerprint density at radius 2 is 2.00 bits per heavy atom. The quantitative estimate of drug-likeness (QED) is 0.576. The van der Waals surface area contributed by atoms with Crippen LogP contribution < -0.4 is 11.5 Å². The zero-order chi connectivity index (χ0) is 10.0. The highest BCUT2D eigenvalue weighted by molar-refractivity contribution is 5.91. The molecule has 0 fully saturated rings. The second-order valence-electron chi connectivity index (χ2n) is 2.13. The summed E-state index contributed by atoms with van der Waals surface area (Å²) in [6.07, 6.45) is 0. The Bertz CT molecular complexity index is 355. The van der Waals surface area contributed by atoms with Gasteiger partial charge in [-0.1, -0.05) is 0 Å². The Hall–Kier alpha value is -1.92. The van der Waals surface area contributed by atoms with Crippen LogP contribution in [0.1, 0.15) is 10.5 Å². The molecule has 0 unspecified atom stereocenters. The summed E-state index contributed by atoms with van der Waals surface area (Å²) in [4.78, 5) is 17.4. The number of nitrogens with two attached hydrogens (primary N) is 2. The molecule has 0 aliphatic rings. The number of methoxy groups -OCH3 is 1. The third-order valence-corrected chi connectivity index (χ3v) is 1.28. The number of hydrogen-bond donors (Lipinski definition) is 2. The SMILES string of the molecule is COC(=O)c1nc(F)c(N)nc1N. The number of rotatable bonds is 1. The van der Waals surface area contributed by atoms with Gasteiger partial charge >= 0.3 is 5.97 Å². The number of nitrogens with zero attached hydrogens (tertiary/aromatic N) is 2. The average Bonchev–Trinajstić information content (AvgIpc) is 2.10. The van der Waals surface area contributed by atoms with Gasteiger partial charge in [0.2, 0.25) is 0 Å². The predicted octanol–water partition coefficient (Wildman–Crippen LogP) is -0.433. The maximum atomic E-state index is 12.7. The first-order chi connectivity index (χ1) is 6.06. The summed E-state index contributed by atoms with van der Waals surface area (Å²) < 4.78 is 17.0. The summed E-state index contributed by atoms with van der Waals surface area (Å²) in [6.45, 7) is 0. The van der Waals surface area contributed by atoms with E-state index in [0.717, 1.165) is 7.11 Å². The zero-order valence-electron chi connectivity index (χ0n) is 6.74. The first-order valence-corrected chi connectivity index (χ1v) is 3.23. The molecule has 0 saturated carbocycles. The second-order valence-corrected chi connectivity index (χ2v) is 2.13. The molecule has 1 aromatic rings. The Morgan fingerprint density at radius 1 is 1.38 bits per heavy atom. The van der Waals surface area contributed by atoms with E-state index in [2.05, 4.69) is 14.7 Å². The van der Waals surface area contributed by atoms with Crippen molar-refractivity contribution < 1.29 is 13.9 Å². The molecule has 4 N–H and O–H groups in total. The minimum Gasteiger partial charge on any atom is -0.464 e. The minimum absolute atomic E-state index is 0.259. The molecular weight excluding hydrogens is 179 g/mol. The Balaban J connectivity index is 3.23. The number of carbonyl (C=O) groups is 1. The summed E-state index contributed by atoms with van der Waals surface area (Å²) >= 11 is 0. The molecule has 1 rings (SSSR count). The van der Waals surface area contributed by atoms with Crippen LogP contribution in [0.4, 0.5) is 16.0 Å². The van der Waals surface area contributed by atoms with Gasteiger partial charge in [0.1, 0.15) is 0 Å². The normalized spacial score (nSPS) is 9.69. The monoisotopic (exact) mass is 186 g/mol. The van der Waals surface area contributed by atoms with Crippen LogP contribution in [0.3, 0.4) is 0 Å². The van der Waals surface area contributed by atoms with Crippen molar-refractivity contribution in [3.05, 3.63) is 11.6 Å². The minimum atomic E-state index is -1.05. The van der Waals surface area contributed by atoms with Gasteiger partial charge in [-0.05, 0) is 0 Å². The summed E-state index contributed by atoms with van der Waals surface area (Å²) in [6, 6.07) is 0. The van der Waals surface area contributed by atoms with Crippen LogP contribution in [-0.2, 0) is 4.74 Å². The molecular formula is C6H7FN4O2. The molecule has 0 aliphatic heterocycles. The van der Waals surface area contributed by atoms with Gasteiger partial charge in [-0.2, -0.15) is 4.39 Å². The van der Waals surface area contributed by atoms with Crippen LogP contribution in [-0.4, -0.2) is 23.0 Å². The maximum absolute atomic E-state index is 12.7. The fraction of sp³-hybridized carbons (Fsp3) is 0.167. The Kier molecular flexibility index (Phi) is 2.27. The van der Waals surface area contributed by atoms with Gasteiger partial charge in [0, 0.05) is 0 Å². The predicted molar refractivity (Wildman–Crippen MR) is 42.2 cm³/mol. The number of aromatic nitrogens is 2. The van der Waals surface area contributed by atoms with Gasteiger partial charge in [-0.3, -0.25) is 0 Å². The fourth-order valence-corrected chi connectivity index (χ4v) is 0.688. The topological polar surface area (TPSA) is 104 Å². The highest BCUT2D eigenvalue weighted by Crippen LogP contribution is 2.11. The number of anilines is 2. The van der Waals surface area contributed by atoms with E-state index in [1.807, 2.05) is 0 Å². The summed E-state index contributed by atoms with van der Waals surface area (Å²) in [7, 11) is 1.12. The van der Waals surface area contributed by atoms with E-state index in [-0.39, 0.29) is 11.5 Å². The molecule has 0 bridgehead atoms. The van der Waals surface area contributed by atoms with E-state index < -0.39 is 17.7 Å². The number of nitrogen functional groups attached to an aromatic ring is 2. The van der Waals surface area contributed by atoms with Crippen molar-refractivity contribution >= 4 is 17.6 Å². The largest absolute Gasteiger partial charge is 0.464 e. The average molecular weight is 186 g/mol. The van der Waals surface area contributed by atoms with Crippen molar-refractivity contribution in [3.63, 3.8) is 0 Å². The van der Waals surface area contributed by atoms with E-state index in [1.54, 1.807) is 0 Å². The highest BCUT2D eigenvalue weighted by atomic mass is 19.1. The van der Waals surface area contributed by atoms with E-state index in [0.29, 0.717) is 0 Å². The number of ether oxygens (including phenoxy) is 1. The van der Waals surface area contributed by atoms with Crippen LogP contribution in [0.5, 0.6) is 0 Å². The van der Waals surface area contributed by atoms with Crippen LogP contribution in [0.25, 0.3) is 0 Å². The van der Waals surface area contributed by atoms with E-state index in [9.17, 15) is 9.18 Å². The lowest BCUT2D eigenvalue weighted by Crippen LogP contribution is -2.13. The molecule has 70 valence electrons. The smallest absolute Gasteiger partial charge is 0.360 e. The van der Waals surface area contributed by atoms with Crippen LogP contribution in [0.2, 0.25) is 0 Å². The van der Waals surface area contributed by atoms with Crippen LogP contribution >= 0.6 is 0 Å². The third kappa shape index (κ3) is 1.63. The van der Waals surface area contributed by atoms with Gasteiger partial charge in [0.05, 0.1) is 7.11 Å². The van der Waals surface area contributed by atoms with Crippen molar-refractivity contribution in [1.29, 1.82) is 0 Å². The number of esters is 1. The molecule has 1 aromatic heterocycles. The van der Waals surface area contributed by atoms with Gasteiger partial charge in [-0.25, -0.2) is 14.8 Å². The first-order valence-electron chi connectivity index (χ1n) is 3.23. The molecule has 0 saturated heterocycles. The van der Waals surface area contributed by atoms with Crippen molar-refractivity contribution in [3.8, 4) is 0 Å². The van der Waals surface area contributed by atoms with E-state index in [4.69, 9.17) is 11.5 Å². The van der Waals surface area contributed by atoms with E-state index >= 15 is 0 Å². The lowest BCUT2D eigenvalue weighted by atomic mass is 10.4. The lowest BCUT2D eigenvalue weighted by molar-refractivity contribution is 0.0593. The highest BCUT2D eigenvalue weighted by Gasteiger charge is 2.16. The van der Waals surface area contributed by atoms with Crippen molar-refractivity contribution in [2.75, 3.05) is 18.6 Å². The molecule has 7 heteroatoms. The Labute approximate surface area is 72.7 Å². The van der Waals surface area contributed by atoms with Gasteiger partial charge in [0.25, 0.3) is 5.95 Å². The molecule has 13 heavy (non-hydrogen) atoms. The molecule has 0 radical (unpaired) electrons. The molecule has 0 spiro atoms. The van der Waals surface area contributed by atoms with Gasteiger partial charge in [0.15, 0.2) is 17.3 Å². The molecule has 0 amide bonds. The number of hydrogen-bond acceptors (Lipinski definition) is 6. The first kappa shape index (κ1) is 9.17. The Morgan fingerprint density at radius 3 is 2.54 bits per heavy atom. The van der Waals surface area contributed by atoms with Gasteiger partial charge < -0.3 is 16.2 Å². The zero-order valence-corrected chi connectivity index (χ0v) is 6.74. The maximum Gasteiger partial charge on any atom is 0.360 e. The van der Waals surface area contributed by atoms with Gasteiger partial charge in [-0.15, -0.1) is 0 Å². The van der Waals surface area contributed by atoms with Crippen LogP contribution in [0.15, 0.2) is 0 Å².